The molecule has 3 N–H and O–H groups in total. The monoisotopic (exact) mass is 521 g/mol. The molecular formula is C29H35N3O6. The van der Waals surface area contributed by atoms with E-state index < -0.39 is 24.0 Å². The second-order valence-electron chi connectivity index (χ2n) is 10.1. The summed E-state index contributed by atoms with van der Waals surface area (Å²) in [5, 5.41) is 22.1. The van der Waals surface area contributed by atoms with Crippen molar-refractivity contribution in [3.63, 3.8) is 0 Å². The van der Waals surface area contributed by atoms with Gasteiger partial charge in [-0.3, -0.25) is 14.4 Å². The van der Waals surface area contributed by atoms with E-state index in [2.05, 4.69) is 10.2 Å². The Labute approximate surface area is 222 Å². The van der Waals surface area contributed by atoms with Crippen LogP contribution < -0.4 is 5.32 Å². The molecule has 0 spiro atoms. The number of hydrogen-bond donors (Lipinski definition) is 3. The van der Waals surface area contributed by atoms with E-state index in [-0.39, 0.29) is 50.0 Å². The molecule has 1 fully saturated rings. The van der Waals surface area contributed by atoms with Gasteiger partial charge in [0.2, 0.25) is 11.8 Å². The number of benzene rings is 2. The number of aliphatic hydroxyl groups excluding tert-OH is 1. The highest BCUT2D eigenvalue weighted by Gasteiger charge is 2.36. The van der Waals surface area contributed by atoms with Crippen LogP contribution in [-0.4, -0.2) is 81.4 Å². The normalized spacial score (nSPS) is 18.9. The molecule has 0 radical (unpaired) electrons. The van der Waals surface area contributed by atoms with Gasteiger partial charge in [0.25, 0.3) is 0 Å². The van der Waals surface area contributed by atoms with E-state index in [1.807, 2.05) is 30.3 Å². The van der Waals surface area contributed by atoms with Crippen LogP contribution in [0.25, 0.3) is 0 Å². The molecule has 0 aromatic heterocycles. The van der Waals surface area contributed by atoms with Gasteiger partial charge in [0, 0.05) is 51.0 Å². The summed E-state index contributed by atoms with van der Waals surface area (Å²) in [7, 11) is 0. The minimum absolute atomic E-state index is 0.0254. The standard InChI is InChI=1S/C29H35N3O6/c33-23-12-15-31(16-13-23)17-14-24(29(37)38)30-28(36)25-18-21-8-4-5-9-22(21)19-32(25)27(35)11-10-26(34)20-6-2-1-3-7-20/h1-9,23-25,33H,10-19H2,(H,30,36)(H,37,38). The lowest BCUT2D eigenvalue weighted by Crippen LogP contribution is -2.56. The van der Waals surface area contributed by atoms with Gasteiger partial charge < -0.3 is 25.3 Å². The number of carbonyl (C=O) groups is 4. The Hall–Kier alpha value is -3.56. The Morgan fingerprint density at radius 2 is 1.58 bits per heavy atom. The van der Waals surface area contributed by atoms with E-state index in [9.17, 15) is 29.4 Å². The lowest BCUT2D eigenvalue weighted by molar-refractivity contribution is -0.145. The molecule has 0 aliphatic carbocycles. The Bertz CT molecular complexity index is 1150. The first-order chi connectivity index (χ1) is 18.3. The van der Waals surface area contributed by atoms with Crippen LogP contribution in [0, 0.1) is 0 Å². The third-order valence-electron chi connectivity index (χ3n) is 7.44. The summed E-state index contributed by atoms with van der Waals surface area (Å²) in [6.07, 6.45) is 1.46. The lowest BCUT2D eigenvalue weighted by atomic mass is 9.92. The minimum atomic E-state index is -1.13. The van der Waals surface area contributed by atoms with E-state index in [0.29, 0.717) is 38.0 Å². The fraction of sp³-hybridized carbons (Fsp3) is 0.448. The van der Waals surface area contributed by atoms with Gasteiger partial charge in [-0.05, 0) is 30.4 Å². The Morgan fingerprint density at radius 3 is 2.26 bits per heavy atom. The van der Waals surface area contributed by atoms with Crippen LogP contribution in [0.2, 0.25) is 0 Å². The highest BCUT2D eigenvalue weighted by Crippen LogP contribution is 2.25. The molecule has 9 nitrogen and oxygen atoms in total. The quantitative estimate of drug-likeness (QED) is 0.408. The van der Waals surface area contributed by atoms with Gasteiger partial charge >= 0.3 is 5.97 Å². The molecule has 2 amide bonds. The van der Waals surface area contributed by atoms with Crippen molar-refractivity contribution in [2.24, 2.45) is 0 Å². The van der Waals surface area contributed by atoms with E-state index in [1.54, 1.807) is 24.3 Å². The van der Waals surface area contributed by atoms with Gasteiger partial charge in [-0.2, -0.15) is 0 Å². The second kappa shape index (κ2) is 12.8. The number of amides is 2. The van der Waals surface area contributed by atoms with Gasteiger partial charge in [0.05, 0.1) is 6.10 Å². The highest BCUT2D eigenvalue weighted by atomic mass is 16.4. The minimum Gasteiger partial charge on any atom is -0.480 e. The van der Waals surface area contributed by atoms with Crippen LogP contribution >= 0.6 is 0 Å². The molecular weight excluding hydrogens is 486 g/mol. The maximum atomic E-state index is 13.4. The summed E-state index contributed by atoms with van der Waals surface area (Å²) in [4.78, 5) is 54.8. The Balaban J connectivity index is 1.42. The first kappa shape index (κ1) is 27.5. The number of rotatable bonds is 10. The number of carboxylic acid groups (broad SMARTS) is 1. The molecule has 2 aliphatic heterocycles. The molecule has 0 bridgehead atoms. The Morgan fingerprint density at radius 1 is 0.921 bits per heavy atom. The number of nitrogens with one attached hydrogen (secondary N) is 1. The van der Waals surface area contributed by atoms with Crippen LogP contribution in [0.5, 0.6) is 0 Å². The third-order valence-corrected chi connectivity index (χ3v) is 7.44. The van der Waals surface area contributed by atoms with Crippen molar-refractivity contribution in [1.82, 2.24) is 15.1 Å². The molecule has 202 valence electrons. The van der Waals surface area contributed by atoms with Crippen molar-refractivity contribution < 1.29 is 29.4 Å². The smallest absolute Gasteiger partial charge is 0.326 e. The number of piperidine rings is 1. The SMILES string of the molecule is O=C(CCC(=O)N1Cc2ccccc2CC1C(=O)NC(CCN1CCC(O)CC1)C(=O)O)c1ccccc1. The van der Waals surface area contributed by atoms with Crippen molar-refractivity contribution in [2.45, 2.75) is 63.3 Å². The fourth-order valence-electron chi connectivity index (χ4n) is 5.13. The molecule has 2 atom stereocenters. The number of carboxylic acids is 1. The van der Waals surface area contributed by atoms with Gasteiger partial charge in [0.15, 0.2) is 5.78 Å². The van der Waals surface area contributed by atoms with Crippen LogP contribution in [-0.2, 0) is 27.3 Å². The number of likely N-dealkylation sites (tertiary alicyclic amines) is 1. The number of aliphatic carboxylic acids is 1. The first-order valence-electron chi connectivity index (χ1n) is 13.2. The summed E-state index contributed by atoms with van der Waals surface area (Å²) in [6, 6.07) is 14.4. The van der Waals surface area contributed by atoms with Crippen molar-refractivity contribution >= 4 is 23.6 Å². The number of aliphatic hydroxyl groups is 1. The zero-order valence-electron chi connectivity index (χ0n) is 21.4. The molecule has 9 heteroatoms. The number of Topliss-reactive ketones (excluding diaryl/α,β-unsaturated/α-hetero) is 1. The number of hydrogen-bond acceptors (Lipinski definition) is 6. The molecule has 2 aliphatic rings. The van der Waals surface area contributed by atoms with Crippen molar-refractivity contribution in [3.05, 3.63) is 71.3 Å². The van der Waals surface area contributed by atoms with Crippen molar-refractivity contribution in [3.8, 4) is 0 Å². The predicted molar refractivity (Wildman–Crippen MR) is 140 cm³/mol. The molecule has 2 unspecified atom stereocenters. The lowest BCUT2D eigenvalue weighted by Gasteiger charge is -2.37. The second-order valence-corrected chi connectivity index (χ2v) is 10.1. The largest absolute Gasteiger partial charge is 0.480 e. The molecule has 0 saturated carbocycles. The van der Waals surface area contributed by atoms with Crippen molar-refractivity contribution in [1.29, 1.82) is 0 Å². The summed E-state index contributed by atoms with van der Waals surface area (Å²) < 4.78 is 0. The average molecular weight is 522 g/mol. The number of nitrogens with zero attached hydrogens (tertiary/aromatic N) is 2. The summed E-state index contributed by atoms with van der Waals surface area (Å²) >= 11 is 0. The molecule has 2 heterocycles. The predicted octanol–water partition coefficient (Wildman–Crippen LogP) is 2.02. The topological polar surface area (TPSA) is 127 Å². The van der Waals surface area contributed by atoms with Crippen LogP contribution in [0.1, 0.15) is 53.6 Å². The van der Waals surface area contributed by atoms with Gasteiger partial charge in [-0.25, -0.2) is 4.79 Å². The molecule has 1 saturated heterocycles. The van der Waals surface area contributed by atoms with Crippen LogP contribution in [0.15, 0.2) is 54.6 Å². The Kier molecular flexibility index (Phi) is 9.25. The van der Waals surface area contributed by atoms with Crippen LogP contribution in [0.4, 0.5) is 0 Å². The van der Waals surface area contributed by atoms with Gasteiger partial charge in [-0.1, -0.05) is 54.6 Å². The van der Waals surface area contributed by atoms with Crippen LogP contribution in [0.3, 0.4) is 0 Å². The summed E-state index contributed by atoms with van der Waals surface area (Å²) in [5.74, 6) is -2.10. The molecule has 4 rings (SSSR count). The third kappa shape index (κ3) is 7.05. The number of carbonyl (C=O) groups excluding carboxylic acids is 3. The maximum absolute atomic E-state index is 13.4. The van der Waals surface area contributed by atoms with E-state index in [4.69, 9.17) is 0 Å². The van der Waals surface area contributed by atoms with E-state index >= 15 is 0 Å². The zero-order valence-corrected chi connectivity index (χ0v) is 21.4. The number of fused-ring (bicyclic) bond motifs is 1. The number of ketones is 1. The van der Waals surface area contributed by atoms with E-state index in [1.165, 1.54) is 4.90 Å². The maximum Gasteiger partial charge on any atom is 0.326 e. The molecule has 38 heavy (non-hydrogen) atoms. The highest BCUT2D eigenvalue weighted by molar-refractivity contribution is 5.98. The van der Waals surface area contributed by atoms with Gasteiger partial charge in [0.1, 0.15) is 12.1 Å². The van der Waals surface area contributed by atoms with E-state index in [0.717, 1.165) is 11.1 Å². The fourth-order valence-corrected chi connectivity index (χ4v) is 5.13. The zero-order chi connectivity index (χ0) is 27.1. The molecule has 2 aromatic rings. The average Bonchev–Trinajstić information content (AvgIpc) is 2.94. The van der Waals surface area contributed by atoms with Crippen molar-refractivity contribution in [2.75, 3.05) is 19.6 Å². The summed E-state index contributed by atoms with van der Waals surface area (Å²) in [5.41, 5.74) is 2.41. The summed E-state index contributed by atoms with van der Waals surface area (Å²) in [6.45, 7) is 2.08. The molecule has 2 aromatic carbocycles. The first-order valence-corrected chi connectivity index (χ1v) is 13.2. The van der Waals surface area contributed by atoms with Gasteiger partial charge in [-0.15, -0.1) is 0 Å².